The summed E-state index contributed by atoms with van der Waals surface area (Å²) in [6, 6.07) is -1.18. The second-order valence-corrected chi connectivity index (χ2v) is 4.11. The van der Waals surface area contributed by atoms with E-state index in [1.807, 2.05) is 0 Å². The van der Waals surface area contributed by atoms with E-state index in [0.29, 0.717) is 26.2 Å². The van der Waals surface area contributed by atoms with Gasteiger partial charge in [-0.05, 0) is 18.8 Å². The fourth-order valence-corrected chi connectivity index (χ4v) is 2.14. The molecule has 2 nitrogen and oxygen atoms in total. The first-order chi connectivity index (χ1) is 6.59. The van der Waals surface area contributed by atoms with E-state index >= 15 is 0 Å². The summed E-state index contributed by atoms with van der Waals surface area (Å²) in [6.45, 7) is 2.42. The minimum atomic E-state index is -4.04. The minimum Gasteiger partial charge on any atom is -0.314 e. The van der Waals surface area contributed by atoms with E-state index in [4.69, 9.17) is 0 Å². The van der Waals surface area contributed by atoms with Gasteiger partial charge in [0.05, 0.1) is 0 Å². The Morgan fingerprint density at radius 2 is 1.71 bits per heavy atom. The first kappa shape index (κ1) is 10.2. The van der Waals surface area contributed by atoms with Gasteiger partial charge in [-0.1, -0.05) is 0 Å². The zero-order chi connectivity index (χ0) is 10.2. The van der Waals surface area contributed by atoms with E-state index in [9.17, 15) is 13.2 Å². The monoisotopic (exact) mass is 208 g/mol. The Bertz CT molecular complexity index is 195. The molecule has 1 aliphatic carbocycles. The van der Waals surface area contributed by atoms with Crippen LogP contribution in [0.5, 0.6) is 0 Å². The third kappa shape index (κ3) is 2.20. The van der Waals surface area contributed by atoms with Crippen molar-refractivity contribution in [2.45, 2.75) is 25.1 Å². The van der Waals surface area contributed by atoms with Gasteiger partial charge in [-0.15, -0.1) is 0 Å². The maximum Gasteiger partial charge on any atom is 0.404 e. The van der Waals surface area contributed by atoms with E-state index in [2.05, 4.69) is 5.32 Å². The quantitative estimate of drug-likeness (QED) is 0.734. The molecule has 1 N–H and O–H groups in total. The van der Waals surface area contributed by atoms with Crippen LogP contribution >= 0.6 is 0 Å². The van der Waals surface area contributed by atoms with Crippen molar-refractivity contribution in [3.8, 4) is 0 Å². The van der Waals surface area contributed by atoms with Crippen molar-refractivity contribution in [3.05, 3.63) is 0 Å². The Hall–Kier alpha value is -0.290. The van der Waals surface area contributed by atoms with Gasteiger partial charge < -0.3 is 5.32 Å². The number of nitrogens with one attached hydrogen (secondary N) is 1. The van der Waals surface area contributed by atoms with Crippen LogP contribution in [0.3, 0.4) is 0 Å². The summed E-state index contributed by atoms with van der Waals surface area (Å²) in [5.41, 5.74) is 0. The SMILES string of the molecule is FC(F)(F)[C@H](C1CC1)N1CCNCC1. The molecule has 0 bridgehead atoms. The number of piperazine rings is 1. The Balaban J connectivity index is 2.01. The normalized spacial score (nSPS) is 27.6. The summed E-state index contributed by atoms with van der Waals surface area (Å²) in [5, 5.41) is 3.07. The molecule has 0 aromatic heterocycles. The van der Waals surface area contributed by atoms with Crippen LogP contribution in [-0.4, -0.2) is 43.3 Å². The number of hydrogen-bond acceptors (Lipinski definition) is 2. The number of hydrogen-bond donors (Lipinski definition) is 1. The molecule has 1 atom stereocenters. The molecule has 2 fully saturated rings. The highest BCUT2D eigenvalue weighted by molar-refractivity contribution is 4.94. The molecule has 0 aromatic rings. The van der Waals surface area contributed by atoms with Crippen LogP contribution in [0.2, 0.25) is 0 Å². The second kappa shape index (κ2) is 3.70. The van der Waals surface area contributed by atoms with Crippen LogP contribution < -0.4 is 5.32 Å². The van der Waals surface area contributed by atoms with Crippen molar-refractivity contribution < 1.29 is 13.2 Å². The first-order valence-corrected chi connectivity index (χ1v) is 5.10. The summed E-state index contributed by atoms with van der Waals surface area (Å²) in [6.07, 6.45) is -2.55. The van der Waals surface area contributed by atoms with Crippen molar-refractivity contribution in [2.24, 2.45) is 5.92 Å². The van der Waals surface area contributed by atoms with Crippen molar-refractivity contribution >= 4 is 0 Å². The molecule has 0 spiro atoms. The lowest BCUT2D eigenvalue weighted by Gasteiger charge is -2.36. The largest absolute Gasteiger partial charge is 0.404 e. The fraction of sp³-hybridized carbons (Fsp3) is 1.00. The molecule has 0 aromatic carbocycles. The summed E-state index contributed by atoms with van der Waals surface area (Å²) in [5.74, 6) is -0.131. The van der Waals surface area contributed by atoms with E-state index in [0.717, 1.165) is 12.8 Å². The van der Waals surface area contributed by atoms with Gasteiger partial charge in [0.25, 0.3) is 0 Å². The van der Waals surface area contributed by atoms with Gasteiger partial charge in [-0.3, -0.25) is 4.90 Å². The molecule has 1 saturated heterocycles. The molecule has 2 aliphatic rings. The zero-order valence-electron chi connectivity index (χ0n) is 7.98. The lowest BCUT2D eigenvalue weighted by Crippen LogP contribution is -2.54. The predicted molar refractivity (Wildman–Crippen MR) is 47.0 cm³/mol. The third-order valence-electron chi connectivity index (χ3n) is 2.95. The van der Waals surface area contributed by atoms with Gasteiger partial charge in [-0.2, -0.15) is 13.2 Å². The van der Waals surface area contributed by atoms with E-state index in [1.165, 1.54) is 0 Å². The van der Waals surface area contributed by atoms with Crippen LogP contribution in [0, 0.1) is 5.92 Å². The summed E-state index contributed by atoms with van der Waals surface area (Å²) in [7, 11) is 0. The molecule has 0 unspecified atom stereocenters. The zero-order valence-corrected chi connectivity index (χ0v) is 7.98. The molecule has 5 heteroatoms. The van der Waals surface area contributed by atoms with E-state index < -0.39 is 12.2 Å². The topological polar surface area (TPSA) is 15.3 Å². The van der Waals surface area contributed by atoms with Crippen LogP contribution in [0.25, 0.3) is 0 Å². The number of rotatable bonds is 2. The van der Waals surface area contributed by atoms with Crippen LogP contribution in [0.1, 0.15) is 12.8 Å². The Kier molecular flexibility index (Phi) is 2.70. The molecule has 0 amide bonds. The van der Waals surface area contributed by atoms with Gasteiger partial charge in [-0.25, -0.2) is 0 Å². The molecule has 14 heavy (non-hydrogen) atoms. The molecule has 1 heterocycles. The van der Waals surface area contributed by atoms with E-state index in [-0.39, 0.29) is 5.92 Å². The Morgan fingerprint density at radius 3 is 2.14 bits per heavy atom. The summed E-state index contributed by atoms with van der Waals surface area (Å²) < 4.78 is 38.2. The van der Waals surface area contributed by atoms with Gasteiger partial charge in [0.15, 0.2) is 0 Å². The van der Waals surface area contributed by atoms with Gasteiger partial charge in [0, 0.05) is 26.2 Å². The lowest BCUT2D eigenvalue weighted by molar-refractivity contribution is -0.190. The predicted octanol–water partition coefficient (Wildman–Crippen LogP) is 1.23. The van der Waals surface area contributed by atoms with Crippen LogP contribution in [0.15, 0.2) is 0 Å². The molecular formula is C9H15F3N2. The van der Waals surface area contributed by atoms with Gasteiger partial charge in [0.2, 0.25) is 0 Å². The lowest BCUT2D eigenvalue weighted by atomic mass is 10.1. The highest BCUT2D eigenvalue weighted by atomic mass is 19.4. The molecule has 0 radical (unpaired) electrons. The third-order valence-corrected chi connectivity index (χ3v) is 2.95. The number of alkyl halides is 3. The van der Waals surface area contributed by atoms with Gasteiger partial charge in [0.1, 0.15) is 6.04 Å². The Labute approximate surface area is 81.5 Å². The van der Waals surface area contributed by atoms with Crippen molar-refractivity contribution in [1.82, 2.24) is 10.2 Å². The summed E-state index contributed by atoms with van der Waals surface area (Å²) >= 11 is 0. The number of halogens is 3. The molecule has 1 aliphatic heterocycles. The summed E-state index contributed by atoms with van der Waals surface area (Å²) in [4.78, 5) is 1.59. The average Bonchev–Trinajstić information content (AvgIpc) is 2.88. The number of nitrogens with zero attached hydrogens (tertiary/aromatic N) is 1. The van der Waals surface area contributed by atoms with Crippen LogP contribution in [0.4, 0.5) is 13.2 Å². The maximum atomic E-state index is 12.7. The Morgan fingerprint density at radius 1 is 1.14 bits per heavy atom. The molecule has 2 rings (SSSR count). The molecule has 1 saturated carbocycles. The van der Waals surface area contributed by atoms with Crippen molar-refractivity contribution in [3.63, 3.8) is 0 Å². The molecule has 82 valence electrons. The maximum absolute atomic E-state index is 12.7. The average molecular weight is 208 g/mol. The fourth-order valence-electron chi connectivity index (χ4n) is 2.14. The second-order valence-electron chi connectivity index (χ2n) is 4.11. The van der Waals surface area contributed by atoms with E-state index in [1.54, 1.807) is 4.90 Å². The standard InChI is InChI=1S/C9H15F3N2/c10-9(11,12)8(7-1-2-7)14-5-3-13-4-6-14/h7-8,13H,1-6H2/t8-/m0/s1. The highest BCUT2D eigenvalue weighted by Crippen LogP contribution is 2.43. The minimum absolute atomic E-state index is 0.131. The highest BCUT2D eigenvalue weighted by Gasteiger charge is 2.51. The van der Waals surface area contributed by atoms with Crippen LogP contribution in [-0.2, 0) is 0 Å². The van der Waals surface area contributed by atoms with Crippen molar-refractivity contribution in [1.29, 1.82) is 0 Å². The first-order valence-electron chi connectivity index (χ1n) is 5.10. The van der Waals surface area contributed by atoms with Gasteiger partial charge >= 0.3 is 6.18 Å². The van der Waals surface area contributed by atoms with Crippen molar-refractivity contribution in [2.75, 3.05) is 26.2 Å². The smallest absolute Gasteiger partial charge is 0.314 e. The molecular weight excluding hydrogens is 193 g/mol.